The molecule has 0 atom stereocenters. The van der Waals surface area contributed by atoms with E-state index in [2.05, 4.69) is 4.90 Å². The van der Waals surface area contributed by atoms with Gasteiger partial charge in [0, 0.05) is 32.2 Å². The van der Waals surface area contributed by atoms with Gasteiger partial charge in [0.1, 0.15) is 16.8 Å². The molecule has 0 unspecified atom stereocenters. The van der Waals surface area contributed by atoms with Crippen molar-refractivity contribution < 1.29 is 23.9 Å². The quantitative estimate of drug-likeness (QED) is 0.379. The first-order valence-electron chi connectivity index (χ1n) is 10.4. The summed E-state index contributed by atoms with van der Waals surface area (Å²) in [7, 11) is 2.81. The average molecular weight is 473 g/mol. The third kappa shape index (κ3) is 4.36. The summed E-state index contributed by atoms with van der Waals surface area (Å²) in [5.41, 5.74) is 0.501. The van der Waals surface area contributed by atoms with E-state index in [0.717, 1.165) is 21.1 Å². The van der Waals surface area contributed by atoms with Crippen LogP contribution in [0.2, 0.25) is 0 Å². The van der Waals surface area contributed by atoms with Crippen LogP contribution in [-0.2, 0) is 0 Å². The van der Waals surface area contributed by atoms with Gasteiger partial charge in [0.2, 0.25) is 0 Å². The lowest BCUT2D eigenvalue weighted by Gasteiger charge is -2.34. The Labute approximate surface area is 194 Å². The van der Waals surface area contributed by atoms with Gasteiger partial charge in [0.25, 0.3) is 11.6 Å². The summed E-state index contributed by atoms with van der Waals surface area (Å²) in [4.78, 5) is 32.7. The summed E-state index contributed by atoms with van der Waals surface area (Å²) in [6.07, 6.45) is 0. The second-order valence-electron chi connectivity index (χ2n) is 7.29. The van der Waals surface area contributed by atoms with Gasteiger partial charge < -0.3 is 24.0 Å². The molecule has 33 heavy (non-hydrogen) atoms. The van der Waals surface area contributed by atoms with E-state index in [4.69, 9.17) is 19.2 Å². The molecule has 1 aliphatic rings. The number of thiazole rings is 1. The summed E-state index contributed by atoms with van der Waals surface area (Å²) in [5.74, 6) is 0.815. The maximum Gasteiger partial charge on any atom is 0.286 e. The molecule has 11 heteroatoms. The van der Waals surface area contributed by atoms with Crippen molar-refractivity contribution in [3.05, 3.63) is 46.0 Å². The molecule has 0 bridgehead atoms. The lowest BCUT2D eigenvalue weighted by molar-refractivity contribution is -0.385. The highest BCUT2D eigenvalue weighted by Crippen LogP contribution is 2.36. The van der Waals surface area contributed by atoms with Crippen molar-refractivity contribution in [2.45, 2.75) is 6.92 Å². The summed E-state index contributed by atoms with van der Waals surface area (Å²) in [6, 6.07) is 8.45. The number of nitro groups is 1. The van der Waals surface area contributed by atoms with Gasteiger partial charge in [-0.15, -0.1) is 0 Å². The fourth-order valence-electron chi connectivity index (χ4n) is 3.78. The van der Waals surface area contributed by atoms with Crippen LogP contribution in [0, 0.1) is 10.1 Å². The Morgan fingerprint density at radius 1 is 1.12 bits per heavy atom. The number of carbonyl (C=O) groups is 1. The Hall–Kier alpha value is -3.60. The fraction of sp³-hybridized carbons (Fsp3) is 0.364. The molecule has 1 aliphatic heterocycles. The van der Waals surface area contributed by atoms with E-state index < -0.39 is 10.8 Å². The number of carbonyl (C=O) groups excluding carboxylic acids is 1. The van der Waals surface area contributed by atoms with Crippen molar-refractivity contribution in [2.24, 2.45) is 0 Å². The second-order valence-corrected chi connectivity index (χ2v) is 8.30. The van der Waals surface area contributed by atoms with E-state index in [1.54, 1.807) is 16.2 Å². The smallest absolute Gasteiger partial charge is 0.286 e. The van der Waals surface area contributed by atoms with Crippen molar-refractivity contribution >= 4 is 38.3 Å². The van der Waals surface area contributed by atoms with Crippen LogP contribution in [0.3, 0.4) is 0 Å². The summed E-state index contributed by atoms with van der Waals surface area (Å²) in [6.45, 7) is 4.46. The molecule has 1 amide bonds. The molecular formula is C22H24N4O6S. The number of methoxy groups -OCH3 is 2. The van der Waals surface area contributed by atoms with Crippen LogP contribution in [-0.4, -0.2) is 67.7 Å². The third-order valence-corrected chi connectivity index (χ3v) is 6.52. The van der Waals surface area contributed by atoms with Gasteiger partial charge in [-0.3, -0.25) is 14.9 Å². The zero-order valence-corrected chi connectivity index (χ0v) is 19.4. The molecular weight excluding hydrogens is 448 g/mol. The van der Waals surface area contributed by atoms with Crippen LogP contribution >= 0.6 is 11.3 Å². The van der Waals surface area contributed by atoms with E-state index in [0.29, 0.717) is 32.8 Å². The molecule has 174 valence electrons. The maximum absolute atomic E-state index is 13.2. The van der Waals surface area contributed by atoms with Crippen molar-refractivity contribution in [1.82, 2.24) is 9.88 Å². The number of nitro benzene ring substituents is 1. The standard InChI is InChI=1S/C22H24N4O6S/c1-4-32-16-6-5-7-19-20(16)23-22(33-19)25-10-8-24(9-11-25)21(27)14-12-17(30-2)18(31-3)13-15(14)26(28)29/h5-7,12-13H,4,8-11H2,1-3H3. The predicted molar refractivity (Wildman–Crippen MR) is 125 cm³/mol. The summed E-state index contributed by atoms with van der Waals surface area (Å²) in [5, 5.41) is 12.4. The van der Waals surface area contributed by atoms with Crippen molar-refractivity contribution in [3.63, 3.8) is 0 Å². The van der Waals surface area contributed by atoms with Gasteiger partial charge in [-0.2, -0.15) is 0 Å². The molecule has 10 nitrogen and oxygen atoms in total. The molecule has 1 aromatic heterocycles. The van der Waals surface area contributed by atoms with Gasteiger partial charge in [-0.05, 0) is 19.1 Å². The number of fused-ring (bicyclic) bond motifs is 1. The van der Waals surface area contributed by atoms with E-state index in [1.165, 1.54) is 26.4 Å². The van der Waals surface area contributed by atoms with E-state index >= 15 is 0 Å². The number of nitrogens with zero attached hydrogens (tertiary/aromatic N) is 4. The molecule has 0 saturated carbocycles. The maximum atomic E-state index is 13.2. The number of rotatable bonds is 7. The monoisotopic (exact) mass is 472 g/mol. The molecule has 1 saturated heterocycles. The number of para-hydroxylation sites is 1. The summed E-state index contributed by atoms with van der Waals surface area (Å²) >= 11 is 1.58. The number of ether oxygens (including phenoxy) is 3. The van der Waals surface area contributed by atoms with Crippen molar-refractivity contribution in [1.29, 1.82) is 0 Å². The van der Waals surface area contributed by atoms with Crippen LogP contribution in [0.4, 0.5) is 10.8 Å². The minimum absolute atomic E-state index is 0.0209. The van der Waals surface area contributed by atoms with Gasteiger partial charge in [-0.1, -0.05) is 17.4 Å². The average Bonchev–Trinajstić information content (AvgIpc) is 3.28. The first-order chi connectivity index (χ1) is 16.0. The number of hydrogen-bond acceptors (Lipinski definition) is 9. The Balaban J connectivity index is 1.53. The molecule has 2 aromatic carbocycles. The van der Waals surface area contributed by atoms with Gasteiger partial charge in [0.05, 0.1) is 36.5 Å². The molecule has 4 rings (SSSR count). The Kier molecular flexibility index (Phi) is 6.50. The fourth-order valence-corrected chi connectivity index (χ4v) is 4.82. The first kappa shape index (κ1) is 22.6. The number of anilines is 1. The zero-order valence-electron chi connectivity index (χ0n) is 18.6. The lowest BCUT2D eigenvalue weighted by Crippen LogP contribution is -2.48. The second kappa shape index (κ2) is 9.49. The molecule has 0 N–H and O–H groups in total. The van der Waals surface area contributed by atoms with Crippen LogP contribution in [0.5, 0.6) is 17.2 Å². The lowest BCUT2D eigenvalue weighted by atomic mass is 10.1. The number of piperazine rings is 1. The number of benzene rings is 2. The SMILES string of the molecule is CCOc1cccc2sc(N3CCN(C(=O)c4cc(OC)c(OC)cc4[N+](=O)[O-])CC3)nc12. The molecule has 0 aliphatic carbocycles. The van der Waals surface area contributed by atoms with Crippen molar-refractivity contribution in [2.75, 3.05) is 51.9 Å². The van der Waals surface area contributed by atoms with E-state index in [9.17, 15) is 14.9 Å². The van der Waals surface area contributed by atoms with E-state index in [-0.39, 0.29) is 22.7 Å². The zero-order chi connectivity index (χ0) is 23.5. The largest absolute Gasteiger partial charge is 0.493 e. The molecule has 0 radical (unpaired) electrons. The highest BCUT2D eigenvalue weighted by molar-refractivity contribution is 7.22. The Morgan fingerprint density at radius 2 is 1.82 bits per heavy atom. The van der Waals surface area contributed by atoms with Gasteiger partial charge >= 0.3 is 0 Å². The highest BCUT2D eigenvalue weighted by atomic mass is 32.1. The Morgan fingerprint density at radius 3 is 2.45 bits per heavy atom. The van der Waals surface area contributed by atoms with Crippen LogP contribution < -0.4 is 19.1 Å². The van der Waals surface area contributed by atoms with Crippen LogP contribution in [0.25, 0.3) is 10.2 Å². The highest BCUT2D eigenvalue weighted by Gasteiger charge is 2.30. The van der Waals surface area contributed by atoms with Crippen LogP contribution in [0.1, 0.15) is 17.3 Å². The molecule has 2 heterocycles. The minimum Gasteiger partial charge on any atom is -0.493 e. The predicted octanol–water partition coefficient (Wildman–Crippen LogP) is 3.58. The van der Waals surface area contributed by atoms with Gasteiger partial charge in [0.15, 0.2) is 16.6 Å². The topological polar surface area (TPSA) is 107 Å². The molecule has 1 fully saturated rings. The Bertz CT molecular complexity index is 1190. The molecule has 0 spiro atoms. The molecule has 3 aromatic rings. The first-order valence-corrected chi connectivity index (χ1v) is 11.3. The van der Waals surface area contributed by atoms with Gasteiger partial charge in [-0.25, -0.2) is 4.98 Å². The minimum atomic E-state index is -0.581. The normalized spacial score (nSPS) is 13.8. The van der Waals surface area contributed by atoms with E-state index in [1.807, 2.05) is 25.1 Å². The van der Waals surface area contributed by atoms with Crippen LogP contribution in [0.15, 0.2) is 30.3 Å². The summed E-state index contributed by atoms with van der Waals surface area (Å²) < 4.78 is 17.1. The number of aromatic nitrogens is 1. The number of amides is 1. The number of hydrogen-bond donors (Lipinski definition) is 0. The van der Waals surface area contributed by atoms with Crippen molar-refractivity contribution in [3.8, 4) is 17.2 Å². The third-order valence-electron chi connectivity index (χ3n) is 5.44.